The minimum atomic E-state index is -0.258. The summed E-state index contributed by atoms with van der Waals surface area (Å²) in [6.45, 7) is 1.22. The number of carbonyl (C=O) groups excluding carboxylic acids is 1. The van der Waals surface area contributed by atoms with Crippen LogP contribution in [0.5, 0.6) is 0 Å². The number of nitrogens with zero attached hydrogens (tertiary/aromatic N) is 1. The second-order valence-corrected chi connectivity index (χ2v) is 4.62. The fraction of sp³-hybridized carbons (Fsp3) is 0.417. The summed E-state index contributed by atoms with van der Waals surface area (Å²) in [5.74, 6) is 0.238. The number of hydrogen-bond acceptors (Lipinski definition) is 2. The highest BCUT2D eigenvalue weighted by Crippen LogP contribution is 2.45. The number of carbonyl (C=O) groups is 1. The Labute approximate surface area is 93.0 Å². The molecule has 1 aliphatic heterocycles. The summed E-state index contributed by atoms with van der Waals surface area (Å²) in [4.78, 5) is 13.6. The monoisotopic (exact) mass is 220 g/mol. The average molecular weight is 220 g/mol. The molecule has 1 aromatic rings. The Balaban J connectivity index is 1.71. The third-order valence-electron chi connectivity index (χ3n) is 3.52. The molecule has 2 fully saturated rings. The molecule has 0 bridgehead atoms. The third kappa shape index (κ3) is 1.41. The molecule has 2 aliphatic rings. The van der Waals surface area contributed by atoms with Crippen LogP contribution in [0.25, 0.3) is 0 Å². The van der Waals surface area contributed by atoms with Gasteiger partial charge < -0.3 is 10.6 Å². The van der Waals surface area contributed by atoms with Gasteiger partial charge in [0.2, 0.25) is 5.91 Å². The molecule has 1 saturated carbocycles. The van der Waals surface area contributed by atoms with Gasteiger partial charge in [-0.1, -0.05) is 12.1 Å². The highest BCUT2D eigenvalue weighted by atomic mass is 19.1. The van der Waals surface area contributed by atoms with Gasteiger partial charge in [0.25, 0.3) is 0 Å². The van der Waals surface area contributed by atoms with Crippen molar-refractivity contribution < 1.29 is 9.18 Å². The van der Waals surface area contributed by atoms with Gasteiger partial charge in [0.05, 0.1) is 5.92 Å². The van der Waals surface area contributed by atoms with Gasteiger partial charge in [-0.2, -0.15) is 0 Å². The molecular weight excluding hydrogens is 207 g/mol. The second-order valence-electron chi connectivity index (χ2n) is 4.62. The maximum atomic E-state index is 13.0. The number of benzene rings is 1. The maximum absolute atomic E-state index is 13.0. The number of amides is 1. The summed E-state index contributed by atoms with van der Waals surface area (Å²) >= 11 is 0. The molecule has 0 aromatic heterocycles. The Morgan fingerprint density at radius 3 is 2.94 bits per heavy atom. The summed E-state index contributed by atoms with van der Waals surface area (Å²) < 4.78 is 13.0. The molecule has 1 aliphatic carbocycles. The highest BCUT2D eigenvalue weighted by molar-refractivity contribution is 5.86. The van der Waals surface area contributed by atoms with Crippen LogP contribution in [0, 0.1) is 17.7 Å². The summed E-state index contributed by atoms with van der Waals surface area (Å²) in [7, 11) is 0. The third-order valence-corrected chi connectivity index (χ3v) is 3.52. The number of hydrogen-bond donors (Lipinski definition) is 1. The van der Waals surface area contributed by atoms with Crippen molar-refractivity contribution in [3.05, 3.63) is 35.6 Å². The molecule has 0 radical (unpaired) electrons. The summed E-state index contributed by atoms with van der Waals surface area (Å²) in [6, 6.07) is 6.44. The number of piperidine rings is 1. The standard InChI is InChI=1S/C12H13FN2O/c13-8-3-1-2-7(4-8)5-15-6-9-10(11(9)14)12(15)16/h1-4,9-11H,5-6,14H2. The van der Waals surface area contributed by atoms with Crippen molar-refractivity contribution in [3.63, 3.8) is 0 Å². The first-order valence-corrected chi connectivity index (χ1v) is 5.45. The van der Waals surface area contributed by atoms with Gasteiger partial charge in [-0.25, -0.2) is 4.39 Å². The number of nitrogens with two attached hydrogens (primary N) is 1. The lowest BCUT2D eigenvalue weighted by atomic mass is 10.2. The molecule has 84 valence electrons. The Kier molecular flexibility index (Phi) is 2.01. The lowest BCUT2D eigenvalue weighted by molar-refractivity contribution is -0.130. The van der Waals surface area contributed by atoms with Crippen LogP contribution in [0.15, 0.2) is 24.3 Å². The molecule has 0 spiro atoms. The average Bonchev–Trinajstić information content (AvgIpc) is 2.73. The van der Waals surface area contributed by atoms with Gasteiger partial charge in [0, 0.05) is 25.0 Å². The molecule has 3 atom stereocenters. The molecule has 2 N–H and O–H groups in total. The summed E-state index contributed by atoms with van der Waals surface area (Å²) in [5, 5.41) is 0. The van der Waals surface area contributed by atoms with E-state index in [1.54, 1.807) is 11.0 Å². The summed E-state index contributed by atoms with van der Waals surface area (Å²) in [5.41, 5.74) is 6.57. The number of likely N-dealkylation sites (tertiary alicyclic amines) is 1. The van der Waals surface area contributed by atoms with Crippen molar-refractivity contribution in [2.24, 2.45) is 17.6 Å². The molecule has 1 amide bonds. The molecule has 1 saturated heterocycles. The van der Waals surface area contributed by atoms with E-state index >= 15 is 0 Å². The first-order chi connectivity index (χ1) is 7.66. The molecule has 1 heterocycles. The fourth-order valence-electron chi connectivity index (χ4n) is 2.54. The maximum Gasteiger partial charge on any atom is 0.227 e. The van der Waals surface area contributed by atoms with E-state index in [1.165, 1.54) is 12.1 Å². The number of rotatable bonds is 2. The fourth-order valence-corrected chi connectivity index (χ4v) is 2.54. The Hall–Kier alpha value is -1.42. The molecule has 4 heteroatoms. The van der Waals surface area contributed by atoms with Crippen LogP contribution in [-0.4, -0.2) is 23.4 Å². The largest absolute Gasteiger partial charge is 0.338 e. The number of fused-ring (bicyclic) bond motifs is 1. The molecule has 3 rings (SSSR count). The second kappa shape index (κ2) is 3.28. The predicted octanol–water partition coefficient (Wildman–Crippen LogP) is 0.741. The zero-order valence-electron chi connectivity index (χ0n) is 8.77. The molecular formula is C12H13FN2O. The van der Waals surface area contributed by atoms with Crippen LogP contribution in [-0.2, 0) is 11.3 Å². The van der Waals surface area contributed by atoms with Gasteiger partial charge in [-0.15, -0.1) is 0 Å². The van der Waals surface area contributed by atoms with E-state index in [-0.39, 0.29) is 23.7 Å². The van der Waals surface area contributed by atoms with Crippen molar-refractivity contribution in [1.82, 2.24) is 4.90 Å². The van der Waals surface area contributed by atoms with E-state index < -0.39 is 0 Å². The quantitative estimate of drug-likeness (QED) is 0.799. The normalized spacial score (nSPS) is 31.8. The molecule has 16 heavy (non-hydrogen) atoms. The van der Waals surface area contributed by atoms with Crippen molar-refractivity contribution in [3.8, 4) is 0 Å². The lowest BCUT2D eigenvalue weighted by Gasteiger charge is -2.19. The zero-order valence-corrected chi connectivity index (χ0v) is 8.77. The van der Waals surface area contributed by atoms with Gasteiger partial charge in [-0.05, 0) is 17.7 Å². The van der Waals surface area contributed by atoms with Gasteiger partial charge in [0.1, 0.15) is 5.82 Å². The van der Waals surface area contributed by atoms with Gasteiger partial charge in [0.15, 0.2) is 0 Å². The Bertz CT molecular complexity index is 448. The van der Waals surface area contributed by atoms with Crippen LogP contribution < -0.4 is 5.73 Å². The molecule has 3 nitrogen and oxygen atoms in total. The van der Waals surface area contributed by atoms with Crippen molar-refractivity contribution >= 4 is 5.91 Å². The van der Waals surface area contributed by atoms with Crippen LogP contribution >= 0.6 is 0 Å². The minimum absolute atomic E-state index is 0.0357. The van der Waals surface area contributed by atoms with Gasteiger partial charge in [-0.3, -0.25) is 4.79 Å². The lowest BCUT2D eigenvalue weighted by Crippen LogP contribution is -2.32. The molecule has 3 unspecified atom stereocenters. The Morgan fingerprint density at radius 2 is 2.31 bits per heavy atom. The van der Waals surface area contributed by atoms with E-state index in [0.717, 1.165) is 12.1 Å². The van der Waals surface area contributed by atoms with Crippen LogP contribution in [0.4, 0.5) is 4.39 Å². The van der Waals surface area contributed by atoms with Crippen LogP contribution in [0.1, 0.15) is 5.56 Å². The highest BCUT2D eigenvalue weighted by Gasteiger charge is 2.59. The first-order valence-electron chi connectivity index (χ1n) is 5.45. The van der Waals surface area contributed by atoms with E-state index in [9.17, 15) is 9.18 Å². The first kappa shape index (κ1) is 9.78. The van der Waals surface area contributed by atoms with E-state index in [2.05, 4.69) is 0 Å². The predicted molar refractivity (Wildman–Crippen MR) is 56.8 cm³/mol. The minimum Gasteiger partial charge on any atom is -0.338 e. The molecule has 1 aromatic carbocycles. The van der Waals surface area contributed by atoms with E-state index in [1.807, 2.05) is 6.07 Å². The SMILES string of the molecule is NC1C2CN(Cc3cccc(F)c3)C(=O)C12. The van der Waals surface area contributed by atoms with Crippen LogP contribution in [0.3, 0.4) is 0 Å². The van der Waals surface area contributed by atoms with E-state index in [0.29, 0.717) is 12.5 Å². The van der Waals surface area contributed by atoms with Gasteiger partial charge >= 0.3 is 0 Å². The van der Waals surface area contributed by atoms with Crippen molar-refractivity contribution in [2.45, 2.75) is 12.6 Å². The number of halogens is 1. The zero-order chi connectivity index (χ0) is 11.3. The Morgan fingerprint density at radius 1 is 1.50 bits per heavy atom. The van der Waals surface area contributed by atoms with E-state index in [4.69, 9.17) is 5.73 Å². The van der Waals surface area contributed by atoms with Crippen molar-refractivity contribution in [1.29, 1.82) is 0 Å². The topological polar surface area (TPSA) is 46.3 Å². The smallest absolute Gasteiger partial charge is 0.227 e. The van der Waals surface area contributed by atoms with Crippen LogP contribution in [0.2, 0.25) is 0 Å². The summed E-state index contributed by atoms with van der Waals surface area (Å²) in [6.07, 6.45) is 0. The van der Waals surface area contributed by atoms with Crippen molar-refractivity contribution in [2.75, 3.05) is 6.54 Å².